The fourth-order valence-corrected chi connectivity index (χ4v) is 3.21. The van der Waals surface area contributed by atoms with Crippen molar-refractivity contribution in [2.45, 2.75) is 39.2 Å². The number of nitrogens with zero attached hydrogens (tertiary/aromatic N) is 3. The molecule has 0 saturated carbocycles. The molecule has 1 aliphatic rings. The standard InChI is InChI=1S/C20H20N4O3/c1-13-6-8-14(9-7-13)12-24-18(25)11-10-17(22-24)19(26)21-20-15-4-2-3-5-16(15)23-27-20/h6-11H,2-5,12H2,1H3,(H,21,26). The van der Waals surface area contributed by atoms with Crippen molar-refractivity contribution >= 4 is 11.8 Å². The van der Waals surface area contributed by atoms with Gasteiger partial charge in [0.15, 0.2) is 0 Å². The molecule has 1 aromatic carbocycles. The van der Waals surface area contributed by atoms with Gasteiger partial charge in [-0.25, -0.2) is 4.68 Å². The van der Waals surface area contributed by atoms with Gasteiger partial charge in [0, 0.05) is 11.6 Å². The van der Waals surface area contributed by atoms with Gasteiger partial charge in [-0.3, -0.25) is 14.9 Å². The first-order chi connectivity index (χ1) is 13.1. The second-order valence-corrected chi connectivity index (χ2v) is 6.80. The first kappa shape index (κ1) is 17.2. The predicted molar refractivity (Wildman–Crippen MR) is 99.9 cm³/mol. The summed E-state index contributed by atoms with van der Waals surface area (Å²) in [6.45, 7) is 2.30. The molecule has 0 fully saturated rings. The first-order valence-electron chi connectivity index (χ1n) is 9.02. The Balaban J connectivity index is 1.55. The quantitative estimate of drug-likeness (QED) is 0.769. The van der Waals surface area contributed by atoms with Crippen LogP contribution in [0, 0.1) is 6.92 Å². The molecule has 0 unspecified atom stereocenters. The van der Waals surface area contributed by atoms with Crippen molar-refractivity contribution < 1.29 is 9.32 Å². The minimum Gasteiger partial charge on any atom is -0.338 e. The van der Waals surface area contributed by atoms with Crippen molar-refractivity contribution in [1.29, 1.82) is 0 Å². The number of aryl methyl sites for hydroxylation is 2. The Kier molecular flexibility index (Phi) is 4.58. The lowest BCUT2D eigenvalue weighted by atomic mass is 9.98. The topological polar surface area (TPSA) is 90.0 Å². The van der Waals surface area contributed by atoms with Crippen LogP contribution >= 0.6 is 0 Å². The van der Waals surface area contributed by atoms with Gasteiger partial charge in [0.2, 0.25) is 5.88 Å². The van der Waals surface area contributed by atoms with Crippen LogP contribution in [0.2, 0.25) is 0 Å². The predicted octanol–water partition coefficient (Wildman–Crippen LogP) is 2.72. The van der Waals surface area contributed by atoms with E-state index in [2.05, 4.69) is 15.6 Å². The summed E-state index contributed by atoms with van der Waals surface area (Å²) in [7, 11) is 0. The van der Waals surface area contributed by atoms with Crippen LogP contribution in [0.15, 0.2) is 45.7 Å². The van der Waals surface area contributed by atoms with E-state index in [9.17, 15) is 9.59 Å². The number of nitrogens with one attached hydrogen (secondary N) is 1. The summed E-state index contributed by atoms with van der Waals surface area (Å²) < 4.78 is 6.58. The van der Waals surface area contributed by atoms with E-state index in [1.54, 1.807) is 0 Å². The molecular weight excluding hydrogens is 344 g/mol. The van der Waals surface area contributed by atoms with Crippen LogP contribution < -0.4 is 10.9 Å². The van der Waals surface area contributed by atoms with E-state index in [1.165, 1.54) is 16.8 Å². The molecule has 4 rings (SSSR count). The number of fused-ring (bicyclic) bond motifs is 1. The molecule has 0 spiro atoms. The molecule has 1 N–H and O–H groups in total. The van der Waals surface area contributed by atoms with Crippen molar-refractivity contribution in [3.8, 4) is 0 Å². The number of amides is 1. The molecule has 27 heavy (non-hydrogen) atoms. The molecule has 0 radical (unpaired) electrons. The van der Waals surface area contributed by atoms with Crippen LogP contribution in [0.25, 0.3) is 0 Å². The lowest BCUT2D eigenvalue weighted by Gasteiger charge is -2.10. The molecule has 2 heterocycles. The normalized spacial score (nSPS) is 13.2. The van der Waals surface area contributed by atoms with Crippen molar-refractivity contribution in [2.75, 3.05) is 5.32 Å². The van der Waals surface area contributed by atoms with E-state index in [-0.39, 0.29) is 11.3 Å². The molecule has 138 valence electrons. The number of hydrogen-bond acceptors (Lipinski definition) is 5. The lowest BCUT2D eigenvalue weighted by molar-refractivity contribution is 0.101. The number of aromatic nitrogens is 3. The average molecular weight is 364 g/mol. The minimum atomic E-state index is -0.419. The van der Waals surface area contributed by atoms with E-state index in [1.807, 2.05) is 31.2 Å². The summed E-state index contributed by atoms with van der Waals surface area (Å²) in [5.41, 5.74) is 3.85. The van der Waals surface area contributed by atoms with Gasteiger partial charge in [-0.05, 0) is 44.2 Å². The van der Waals surface area contributed by atoms with Crippen LogP contribution in [0.3, 0.4) is 0 Å². The van der Waals surface area contributed by atoms with Crippen LogP contribution in [0.4, 0.5) is 5.88 Å². The third-order valence-electron chi connectivity index (χ3n) is 4.74. The fraction of sp³-hybridized carbons (Fsp3) is 0.300. The van der Waals surface area contributed by atoms with Crippen LogP contribution in [-0.4, -0.2) is 20.8 Å². The zero-order valence-corrected chi connectivity index (χ0v) is 15.1. The number of rotatable bonds is 4. The highest BCUT2D eigenvalue weighted by Crippen LogP contribution is 2.27. The molecule has 1 amide bonds. The zero-order chi connectivity index (χ0) is 18.8. The summed E-state index contributed by atoms with van der Waals surface area (Å²) in [4.78, 5) is 24.7. The molecule has 0 aliphatic heterocycles. The van der Waals surface area contributed by atoms with Gasteiger partial charge in [0.1, 0.15) is 5.69 Å². The van der Waals surface area contributed by atoms with Crippen molar-refractivity contribution in [1.82, 2.24) is 14.9 Å². The summed E-state index contributed by atoms with van der Waals surface area (Å²) in [5, 5.41) is 11.0. The SMILES string of the molecule is Cc1ccc(Cn2nc(C(=O)Nc3onc4c3CCCC4)ccc2=O)cc1. The lowest BCUT2D eigenvalue weighted by Crippen LogP contribution is -2.26. The number of anilines is 1. The molecule has 7 nitrogen and oxygen atoms in total. The second-order valence-electron chi connectivity index (χ2n) is 6.80. The van der Waals surface area contributed by atoms with Crippen molar-refractivity contribution in [3.05, 3.63) is 74.8 Å². The molecule has 1 aliphatic carbocycles. The van der Waals surface area contributed by atoms with Gasteiger partial charge in [-0.1, -0.05) is 35.0 Å². The number of hydrogen-bond donors (Lipinski definition) is 1. The van der Waals surface area contributed by atoms with Gasteiger partial charge < -0.3 is 4.52 Å². The fourth-order valence-electron chi connectivity index (χ4n) is 3.21. The largest absolute Gasteiger partial charge is 0.338 e. The Morgan fingerprint density at radius 2 is 1.93 bits per heavy atom. The number of benzene rings is 1. The molecular formula is C20H20N4O3. The maximum absolute atomic E-state index is 12.6. The second kappa shape index (κ2) is 7.19. The molecule has 0 bridgehead atoms. The van der Waals surface area contributed by atoms with E-state index in [0.29, 0.717) is 12.4 Å². The maximum Gasteiger partial charge on any atom is 0.278 e. The molecule has 0 saturated heterocycles. The Labute approximate surface area is 156 Å². The van der Waals surface area contributed by atoms with Crippen LogP contribution in [-0.2, 0) is 19.4 Å². The highest BCUT2D eigenvalue weighted by molar-refractivity contribution is 6.02. The number of carbonyl (C=O) groups excluding carboxylic acids is 1. The van der Waals surface area contributed by atoms with E-state index in [4.69, 9.17) is 4.52 Å². The van der Waals surface area contributed by atoms with Gasteiger partial charge >= 0.3 is 0 Å². The maximum atomic E-state index is 12.6. The smallest absolute Gasteiger partial charge is 0.278 e. The molecule has 2 aromatic heterocycles. The van der Waals surface area contributed by atoms with Gasteiger partial charge in [-0.15, -0.1) is 0 Å². The van der Waals surface area contributed by atoms with Crippen LogP contribution in [0.5, 0.6) is 0 Å². The van der Waals surface area contributed by atoms with E-state index in [0.717, 1.165) is 48.1 Å². The third kappa shape index (κ3) is 3.67. The Hall–Kier alpha value is -3.22. The highest BCUT2D eigenvalue weighted by Gasteiger charge is 2.21. The van der Waals surface area contributed by atoms with Crippen LogP contribution in [0.1, 0.15) is 45.7 Å². The van der Waals surface area contributed by atoms with Gasteiger partial charge in [0.05, 0.1) is 12.2 Å². The summed E-state index contributed by atoms with van der Waals surface area (Å²) >= 11 is 0. The highest BCUT2D eigenvalue weighted by atomic mass is 16.5. The Morgan fingerprint density at radius 1 is 1.15 bits per heavy atom. The van der Waals surface area contributed by atoms with E-state index < -0.39 is 5.91 Å². The number of carbonyl (C=O) groups is 1. The third-order valence-corrected chi connectivity index (χ3v) is 4.74. The van der Waals surface area contributed by atoms with Crippen molar-refractivity contribution in [3.63, 3.8) is 0 Å². The average Bonchev–Trinajstić information content (AvgIpc) is 3.08. The molecule has 3 aromatic rings. The Morgan fingerprint density at radius 3 is 2.74 bits per heavy atom. The van der Waals surface area contributed by atoms with Gasteiger partial charge in [-0.2, -0.15) is 5.10 Å². The summed E-state index contributed by atoms with van der Waals surface area (Å²) in [5.74, 6) is -0.0371. The summed E-state index contributed by atoms with van der Waals surface area (Å²) in [6, 6.07) is 10.6. The monoisotopic (exact) mass is 364 g/mol. The zero-order valence-electron chi connectivity index (χ0n) is 15.1. The van der Waals surface area contributed by atoms with E-state index >= 15 is 0 Å². The first-order valence-corrected chi connectivity index (χ1v) is 9.02. The Bertz CT molecular complexity index is 1030. The van der Waals surface area contributed by atoms with Crippen molar-refractivity contribution in [2.24, 2.45) is 0 Å². The molecule has 7 heteroatoms. The van der Waals surface area contributed by atoms with Gasteiger partial charge in [0.25, 0.3) is 11.5 Å². The minimum absolute atomic E-state index is 0.155. The summed E-state index contributed by atoms with van der Waals surface area (Å²) in [6.07, 6.45) is 3.85. The molecule has 0 atom stereocenters.